The highest BCUT2D eigenvalue weighted by Gasteiger charge is 2.11. The van der Waals surface area contributed by atoms with Crippen molar-refractivity contribution in [2.24, 2.45) is 0 Å². The SMILES string of the molecule is C#CC(NCCC)c1cc(Cl)ccc1Br. The molecule has 1 unspecified atom stereocenters. The van der Waals surface area contributed by atoms with E-state index in [4.69, 9.17) is 18.0 Å². The Hall–Kier alpha value is -0.490. The molecule has 0 saturated heterocycles. The fourth-order valence-electron chi connectivity index (χ4n) is 1.28. The van der Waals surface area contributed by atoms with E-state index >= 15 is 0 Å². The number of nitrogens with one attached hydrogen (secondary N) is 1. The van der Waals surface area contributed by atoms with E-state index in [1.54, 1.807) is 0 Å². The molecule has 0 radical (unpaired) electrons. The van der Waals surface area contributed by atoms with Crippen molar-refractivity contribution in [2.45, 2.75) is 19.4 Å². The Morgan fingerprint density at radius 2 is 2.33 bits per heavy atom. The molecule has 15 heavy (non-hydrogen) atoms. The van der Waals surface area contributed by atoms with Crippen molar-refractivity contribution < 1.29 is 0 Å². The first-order valence-electron chi connectivity index (χ1n) is 4.83. The highest BCUT2D eigenvalue weighted by Crippen LogP contribution is 2.26. The second kappa shape index (κ2) is 6.17. The van der Waals surface area contributed by atoms with Crippen molar-refractivity contribution in [3.05, 3.63) is 33.3 Å². The van der Waals surface area contributed by atoms with Gasteiger partial charge in [0.25, 0.3) is 0 Å². The highest BCUT2D eigenvalue weighted by molar-refractivity contribution is 9.10. The standard InChI is InChI=1S/C12H13BrClN/c1-3-7-15-12(4-2)10-8-9(14)5-6-11(10)13/h2,5-6,8,12,15H,3,7H2,1H3. The number of rotatable bonds is 4. The normalized spacial score (nSPS) is 12.1. The van der Waals surface area contributed by atoms with Gasteiger partial charge in [-0.2, -0.15) is 0 Å². The van der Waals surface area contributed by atoms with Crippen LogP contribution in [-0.4, -0.2) is 6.54 Å². The molecule has 0 aromatic heterocycles. The molecule has 0 aliphatic carbocycles. The smallest absolute Gasteiger partial charge is 0.0954 e. The first-order valence-corrected chi connectivity index (χ1v) is 6.00. The summed E-state index contributed by atoms with van der Waals surface area (Å²) in [6.45, 7) is 3.00. The van der Waals surface area contributed by atoms with Crippen LogP contribution in [0, 0.1) is 12.3 Å². The van der Waals surface area contributed by atoms with Gasteiger partial charge in [0.05, 0.1) is 6.04 Å². The molecule has 1 aromatic rings. The van der Waals surface area contributed by atoms with Crippen LogP contribution in [0.1, 0.15) is 24.9 Å². The zero-order valence-corrected chi connectivity index (χ0v) is 10.9. The largest absolute Gasteiger partial charge is 0.300 e. The summed E-state index contributed by atoms with van der Waals surface area (Å²) in [6.07, 6.45) is 6.54. The summed E-state index contributed by atoms with van der Waals surface area (Å²) in [5.41, 5.74) is 1.01. The Balaban J connectivity index is 2.91. The molecule has 1 nitrogen and oxygen atoms in total. The second-order valence-corrected chi connectivity index (χ2v) is 4.51. The molecule has 80 valence electrons. The fourth-order valence-corrected chi connectivity index (χ4v) is 1.94. The topological polar surface area (TPSA) is 12.0 Å². The van der Waals surface area contributed by atoms with Crippen molar-refractivity contribution in [2.75, 3.05) is 6.54 Å². The van der Waals surface area contributed by atoms with Crippen LogP contribution >= 0.6 is 27.5 Å². The van der Waals surface area contributed by atoms with Gasteiger partial charge in [0, 0.05) is 9.50 Å². The van der Waals surface area contributed by atoms with Gasteiger partial charge in [-0.3, -0.25) is 5.32 Å². The zero-order valence-electron chi connectivity index (χ0n) is 8.56. The molecule has 1 atom stereocenters. The minimum atomic E-state index is -0.0852. The summed E-state index contributed by atoms with van der Waals surface area (Å²) in [5, 5.41) is 3.98. The van der Waals surface area contributed by atoms with E-state index in [0.29, 0.717) is 5.02 Å². The van der Waals surface area contributed by atoms with Crippen LogP contribution in [-0.2, 0) is 0 Å². The quantitative estimate of drug-likeness (QED) is 0.831. The van der Waals surface area contributed by atoms with Gasteiger partial charge >= 0.3 is 0 Å². The Kier molecular flexibility index (Phi) is 5.17. The Morgan fingerprint density at radius 3 is 2.93 bits per heavy atom. The van der Waals surface area contributed by atoms with Crippen molar-refractivity contribution in [1.29, 1.82) is 0 Å². The molecule has 0 saturated carbocycles. The van der Waals surface area contributed by atoms with Crippen molar-refractivity contribution >= 4 is 27.5 Å². The van der Waals surface area contributed by atoms with Gasteiger partial charge in [0.15, 0.2) is 0 Å². The minimum absolute atomic E-state index is 0.0852. The van der Waals surface area contributed by atoms with Crippen molar-refractivity contribution in [3.8, 4) is 12.3 Å². The fraction of sp³-hybridized carbons (Fsp3) is 0.333. The lowest BCUT2D eigenvalue weighted by Gasteiger charge is -2.14. The number of hydrogen-bond donors (Lipinski definition) is 1. The lowest BCUT2D eigenvalue weighted by Crippen LogP contribution is -2.20. The maximum Gasteiger partial charge on any atom is 0.0954 e. The van der Waals surface area contributed by atoms with Gasteiger partial charge < -0.3 is 0 Å². The summed E-state index contributed by atoms with van der Waals surface area (Å²) < 4.78 is 0.985. The van der Waals surface area contributed by atoms with E-state index in [9.17, 15) is 0 Å². The predicted octanol–water partition coefficient (Wildman–Crippen LogP) is 3.78. The van der Waals surface area contributed by atoms with Gasteiger partial charge in [-0.15, -0.1) is 6.42 Å². The first kappa shape index (κ1) is 12.6. The summed E-state index contributed by atoms with van der Waals surface area (Å²) in [6, 6.07) is 5.55. The molecular formula is C12H13BrClN. The van der Waals surface area contributed by atoms with E-state index in [2.05, 4.69) is 34.1 Å². The third-order valence-corrected chi connectivity index (χ3v) is 2.99. The third-order valence-electron chi connectivity index (χ3n) is 2.03. The predicted molar refractivity (Wildman–Crippen MR) is 69.0 cm³/mol. The molecule has 1 N–H and O–H groups in total. The molecule has 3 heteroatoms. The van der Waals surface area contributed by atoms with Gasteiger partial charge in [-0.25, -0.2) is 0 Å². The van der Waals surface area contributed by atoms with Crippen LogP contribution in [0.3, 0.4) is 0 Å². The first-order chi connectivity index (χ1) is 7.19. The van der Waals surface area contributed by atoms with Crippen LogP contribution in [0.4, 0.5) is 0 Å². The van der Waals surface area contributed by atoms with Crippen LogP contribution < -0.4 is 5.32 Å². The van der Waals surface area contributed by atoms with Gasteiger partial charge in [-0.1, -0.05) is 40.4 Å². The van der Waals surface area contributed by atoms with E-state index in [-0.39, 0.29) is 6.04 Å². The lowest BCUT2D eigenvalue weighted by atomic mass is 10.1. The van der Waals surface area contributed by atoms with E-state index in [0.717, 1.165) is 23.0 Å². The summed E-state index contributed by atoms with van der Waals surface area (Å²) in [7, 11) is 0. The number of terminal acetylenes is 1. The Labute approximate surface area is 104 Å². The van der Waals surface area contributed by atoms with Crippen LogP contribution in [0.2, 0.25) is 5.02 Å². The molecule has 0 heterocycles. The van der Waals surface area contributed by atoms with Crippen molar-refractivity contribution in [3.63, 3.8) is 0 Å². The maximum absolute atomic E-state index is 5.93. The molecule has 0 aliphatic rings. The lowest BCUT2D eigenvalue weighted by molar-refractivity contribution is 0.625. The van der Waals surface area contributed by atoms with E-state index in [1.165, 1.54) is 0 Å². The average molecular weight is 287 g/mol. The Bertz CT molecular complexity index is 370. The summed E-state index contributed by atoms with van der Waals surface area (Å²) in [4.78, 5) is 0. The Morgan fingerprint density at radius 1 is 1.60 bits per heavy atom. The molecule has 0 spiro atoms. The summed E-state index contributed by atoms with van der Waals surface area (Å²) >= 11 is 9.40. The second-order valence-electron chi connectivity index (χ2n) is 3.22. The zero-order chi connectivity index (χ0) is 11.3. The van der Waals surface area contributed by atoms with Crippen molar-refractivity contribution in [1.82, 2.24) is 5.32 Å². The monoisotopic (exact) mass is 285 g/mol. The number of halogens is 2. The number of hydrogen-bond acceptors (Lipinski definition) is 1. The van der Waals surface area contributed by atoms with Crippen LogP contribution in [0.5, 0.6) is 0 Å². The molecule has 0 fully saturated rings. The average Bonchev–Trinajstić information content (AvgIpc) is 2.24. The highest BCUT2D eigenvalue weighted by atomic mass is 79.9. The molecule has 0 bridgehead atoms. The third kappa shape index (κ3) is 3.53. The molecule has 1 rings (SSSR count). The maximum atomic E-state index is 5.93. The number of benzene rings is 1. The van der Waals surface area contributed by atoms with Gasteiger partial charge in [0.2, 0.25) is 0 Å². The molecule has 0 amide bonds. The van der Waals surface area contributed by atoms with E-state index in [1.807, 2.05) is 18.2 Å². The summed E-state index contributed by atoms with van der Waals surface area (Å²) in [5.74, 6) is 2.72. The van der Waals surface area contributed by atoms with Gasteiger partial charge in [0.1, 0.15) is 0 Å². The van der Waals surface area contributed by atoms with Crippen LogP contribution in [0.15, 0.2) is 22.7 Å². The van der Waals surface area contributed by atoms with Gasteiger partial charge in [-0.05, 0) is 36.7 Å². The minimum Gasteiger partial charge on any atom is -0.300 e. The van der Waals surface area contributed by atoms with E-state index < -0.39 is 0 Å². The molecule has 0 aliphatic heterocycles. The van der Waals surface area contributed by atoms with Crippen LogP contribution in [0.25, 0.3) is 0 Å². The molecule has 1 aromatic carbocycles. The molecular weight excluding hydrogens is 273 g/mol.